The van der Waals surface area contributed by atoms with Crippen LogP contribution in [0.3, 0.4) is 0 Å². The Labute approximate surface area is 229 Å². The molecule has 3 unspecified atom stereocenters. The second kappa shape index (κ2) is 14.6. The van der Waals surface area contributed by atoms with E-state index in [-0.39, 0.29) is 6.61 Å². The second-order valence-electron chi connectivity index (χ2n) is 8.21. The molecule has 212 valence electrons. The lowest BCUT2D eigenvalue weighted by Crippen LogP contribution is -2.34. The zero-order valence-corrected chi connectivity index (χ0v) is 23.0. The number of ether oxygens (including phenoxy) is 1. The number of phosphoric acid groups is 2. The van der Waals surface area contributed by atoms with E-state index in [1.165, 1.54) is 5.57 Å². The van der Waals surface area contributed by atoms with Gasteiger partial charge in [0.2, 0.25) is 0 Å². The SMILES string of the molecule is O=P(O)(OCc1ccccc1)OP(=O)(O)OC1O[C@H](CO)[C@@H](O)[C@H]1O.S=C1C=CC(Cc2ncccn2)=CC1. The molecule has 2 heterocycles. The molecule has 13 nitrogen and oxygen atoms in total. The first-order chi connectivity index (χ1) is 18.5. The van der Waals surface area contributed by atoms with Crippen molar-refractivity contribution in [2.24, 2.45) is 0 Å². The lowest BCUT2D eigenvalue weighted by Gasteiger charge is -2.20. The average Bonchev–Trinajstić information content (AvgIpc) is 3.17. The first-order valence-corrected chi connectivity index (χ1v) is 14.9. The van der Waals surface area contributed by atoms with Gasteiger partial charge in [-0.3, -0.25) is 9.05 Å². The maximum Gasteiger partial charge on any atom is 0.483 e. The van der Waals surface area contributed by atoms with Crippen molar-refractivity contribution in [3.05, 3.63) is 84.0 Å². The van der Waals surface area contributed by atoms with Crippen molar-refractivity contribution in [2.75, 3.05) is 6.61 Å². The topological polar surface area (TPSA) is 198 Å². The summed E-state index contributed by atoms with van der Waals surface area (Å²) in [6.07, 6.45) is 4.89. The molecule has 39 heavy (non-hydrogen) atoms. The Morgan fingerprint density at radius 3 is 2.28 bits per heavy atom. The van der Waals surface area contributed by atoms with E-state index >= 15 is 0 Å². The molecule has 5 N–H and O–H groups in total. The number of phosphoric ester groups is 2. The van der Waals surface area contributed by atoms with Gasteiger partial charge in [-0.05, 0) is 23.3 Å². The number of aromatic nitrogens is 2. The van der Waals surface area contributed by atoms with Crippen molar-refractivity contribution >= 4 is 32.7 Å². The predicted molar refractivity (Wildman–Crippen MR) is 141 cm³/mol. The maximum absolute atomic E-state index is 11.8. The molecule has 2 aliphatic rings. The molecule has 1 saturated heterocycles. The minimum atomic E-state index is -5.20. The van der Waals surface area contributed by atoms with Gasteiger partial charge < -0.3 is 29.8 Å². The monoisotopic (exact) mass is 602 g/mol. The van der Waals surface area contributed by atoms with Gasteiger partial charge in [-0.25, -0.2) is 19.1 Å². The van der Waals surface area contributed by atoms with Crippen molar-refractivity contribution in [1.82, 2.24) is 9.97 Å². The van der Waals surface area contributed by atoms with E-state index < -0.39 is 46.9 Å². The highest BCUT2D eigenvalue weighted by molar-refractivity contribution is 7.80. The smallest absolute Gasteiger partial charge is 0.394 e. The lowest BCUT2D eigenvalue weighted by molar-refractivity contribution is -0.125. The van der Waals surface area contributed by atoms with Crippen molar-refractivity contribution in [3.8, 4) is 0 Å². The highest BCUT2D eigenvalue weighted by atomic mass is 32.1. The van der Waals surface area contributed by atoms with Crippen LogP contribution in [0.2, 0.25) is 0 Å². The minimum absolute atomic E-state index is 0.373. The Morgan fingerprint density at radius 1 is 1.00 bits per heavy atom. The van der Waals surface area contributed by atoms with Crippen LogP contribution in [0.4, 0.5) is 0 Å². The van der Waals surface area contributed by atoms with E-state index in [0.29, 0.717) is 5.56 Å². The normalized spacial score (nSPS) is 25.7. The Morgan fingerprint density at radius 2 is 1.69 bits per heavy atom. The lowest BCUT2D eigenvalue weighted by atomic mass is 10.0. The molecule has 1 fully saturated rings. The highest BCUT2D eigenvalue weighted by Crippen LogP contribution is 2.61. The quantitative estimate of drug-likeness (QED) is 0.196. The van der Waals surface area contributed by atoms with Crippen molar-refractivity contribution in [3.63, 3.8) is 0 Å². The van der Waals surface area contributed by atoms with Crippen LogP contribution in [0.5, 0.6) is 0 Å². The largest absolute Gasteiger partial charge is 0.483 e. The van der Waals surface area contributed by atoms with E-state index in [2.05, 4.69) is 29.4 Å². The van der Waals surface area contributed by atoms with Crippen LogP contribution in [-0.2, 0) is 40.3 Å². The summed E-state index contributed by atoms with van der Waals surface area (Å²) >= 11 is 5.06. The van der Waals surface area contributed by atoms with Gasteiger partial charge in [0, 0.05) is 30.1 Å². The van der Waals surface area contributed by atoms with E-state index in [9.17, 15) is 29.1 Å². The summed E-state index contributed by atoms with van der Waals surface area (Å²) in [5.41, 5.74) is 1.75. The molecule has 1 aliphatic carbocycles. The number of hydrogen-bond donors (Lipinski definition) is 5. The van der Waals surface area contributed by atoms with Crippen LogP contribution in [0.1, 0.15) is 17.8 Å². The van der Waals surface area contributed by atoms with Gasteiger partial charge in [0.1, 0.15) is 24.1 Å². The number of allylic oxidation sites excluding steroid dienone is 4. The molecule has 1 aromatic carbocycles. The molecular weight excluding hydrogens is 574 g/mol. The molecule has 0 bridgehead atoms. The minimum Gasteiger partial charge on any atom is -0.394 e. The molecule has 1 aliphatic heterocycles. The van der Waals surface area contributed by atoms with Crippen molar-refractivity contribution in [2.45, 2.75) is 44.1 Å². The maximum atomic E-state index is 11.8. The van der Waals surface area contributed by atoms with E-state index in [1.54, 1.807) is 42.7 Å². The van der Waals surface area contributed by atoms with Gasteiger partial charge in [0.25, 0.3) is 0 Å². The number of aliphatic hydroxyl groups excluding tert-OH is 3. The summed E-state index contributed by atoms with van der Waals surface area (Å²) in [5, 5.41) is 28.0. The standard InChI is InChI=1S/C12H18O11P2.C11H10N2S/c13-6-9-10(14)11(15)12(21-9)22-25(18,19)23-24(16,17)20-7-8-4-2-1-3-5-8;14-10-4-2-9(3-5-10)8-11-12-6-1-7-13-11/h1-5,9-15H,6-7H2,(H,16,17)(H,18,19);1-4,6-7H,5,8H2/t9-,10-,11-,12?;/m1./s1. The van der Waals surface area contributed by atoms with Crippen molar-refractivity contribution < 1.29 is 52.3 Å². The number of benzene rings is 1. The number of hydrogen-bond acceptors (Lipinski definition) is 12. The van der Waals surface area contributed by atoms with Crippen LogP contribution in [-0.4, -0.2) is 71.1 Å². The highest BCUT2D eigenvalue weighted by Gasteiger charge is 2.48. The molecule has 16 heteroatoms. The molecular formula is C23H28N2O11P2S. The predicted octanol–water partition coefficient (Wildman–Crippen LogP) is 2.15. The van der Waals surface area contributed by atoms with E-state index in [4.69, 9.17) is 22.1 Å². The summed E-state index contributed by atoms with van der Waals surface area (Å²) in [5.74, 6) is 0.858. The summed E-state index contributed by atoms with van der Waals surface area (Å²) in [6.45, 7) is -1.06. The van der Waals surface area contributed by atoms with Gasteiger partial charge >= 0.3 is 15.6 Å². The number of rotatable bonds is 10. The zero-order valence-electron chi connectivity index (χ0n) is 20.4. The van der Waals surface area contributed by atoms with E-state index in [0.717, 1.165) is 23.5 Å². The summed E-state index contributed by atoms with van der Waals surface area (Å²) < 4.78 is 41.5. The molecule has 0 spiro atoms. The van der Waals surface area contributed by atoms with Gasteiger partial charge in [-0.15, -0.1) is 0 Å². The van der Waals surface area contributed by atoms with Crippen LogP contribution in [0, 0.1) is 0 Å². The third-order valence-electron chi connectivity index (χ3n) is 5.21. The van der Waals surface area contributed by atoms with Crippen LogP contribution < -0.4 is 0 Å². The Kier molecular flexibility index (Phi) is 11.8. The number of thiocarbonyl (C=S) groups is 1. The molecule has 6 atom stereocenters. The summed E-state index contributed by atoms with van der Waals surface area (Å²) in [4.78, 5) is 28.4. The first kappa shape index (κ1) is 31.5. The molecule has 0 saturated carbocycles. The first-order valence-electron chi connectivity index (χ1n) is 11.5. The zero-order chi connectivity index (χ0) is 28.5. The number of aliphatic hydroxyl groups is 3. The van der Waals surface area contributed by atoms with Gasteiger partial charge in [-0.2, -0.15) is 4.31 Å². The fraction of sp³-hybridized carbons (Fsp3) is 0.348. The molecule has 1 aromatic heterocycles. The molecule has 4 rings (SSSR count). The molecule has 2 aromatic rings. The third kappa shape index (κ3) is 10.5. The Bertz CT molecular complexity index is 1250. The second-order valence-corrected chi connectivity index (χ2v) is 11.7. The summed E-state index contributed by atoms with van der Waals surface area (Å²) in [6, 6.07) is 10.0. The van der Waals surface area contributed by atoms with Gasteiger partial charge in [0.15, 0.2) is 6.29 Å². The fourth-order valence-corrected chi connectivity index (χ4v) is 5.58. The van der Waals surface area contributed by atoms with Gasteiger partial charge in [0.05, 0.1) is 13.2 Å². The molecule has 0 radical (unpaired) electrons. The average molecular weight is 602 g/mol. The Hall–Kier alpha value is -2.03. The Balaban J connectivity index is 0.000000252. The van der Waals surface area contributed by atoms with Crippen LogP contribution >= 0.6 is 27.9 Å². The van der Waals surface area contributed by atoms with Gasteiger partial charge in [-0.1, -0.05) is 54.7 Å². The summed E-state index contributed by atoms with van der Waals surface area (Å²) in [7, 11) is -10.2. The van der Waals surface area contributed by atoms with Crippen LogP contribution in [0.25, 0.3) is 0 Å². The third-order valence-corrected chi connectivity index (χ3v) is 8.09. The molecule has 0 amide bonds. The van der Waals surface area contributed by atoms with Crippen LogP contribution in [0.15, 0.2) is 72.6 Å². The number of nitrogens with zero attached hydrogens (tertiary/aromatic N) is 2. The fourth-order valence-electron chi connectivity index (χ4n) is 3.29. The van der Waals surface area contributed by atoms with Crippen molar-refractivity contribution in [1.29, 1.82) is 0 Å². The van der Waals surface area contributed by atoms with E-state index in [1.807, 2.05) is 18.2 Å².